The third kappa shape index (κ3) is 2.25. The Labute approximate surface area is 113 Å². The van der Waals surface area contributed by atoms with Crippen molar-refractivity contribution in [3.8, 4) is 5.82 Å². The van der Waals surface area contributed by atoms with Crippen LogP contribution in [0.2, 0.25) is 10.0 Å². The molecule has 18 heavy (non-hydrogen) atoms. The van der Waals surface area contributed by atoms with Crippen molar-refractivity contribution in [2.75, 3.05) is 12.4 Å². The number of rotatable bonds is 3. The number of hydrogen-bond acceptors (Lipinski definition) is 4. The van der Waals surface area contributed by atoms with E-state index < -0.39 is 5.91 Å². The maximum absolute atomic E-state index is 11.0. The van der Waals surface area contributed by atoms with Gasteiger partial charge in [0, 0.05) is 13.2 Å². The van der Waals surface area contributed by atoms with E-state index in [1.54, 1.807) is 19.3 Å². The van der Waals surface area contributed by atoms with Crippen LogP contribution in [0.1, 0.15) is 10.5 Å². The van der Waals surface area contributed by atoms with Crippen LogP contribution in [0.3, 0.4) is 0 Å². The molecule has 0 aliphatic rings. The van der Waals surface area contributed by atoms with E-state index in [0.29, 0.717) is 21.7 Å². The first-order valence-electron chi connectivity index (χ1n) is 4.92. The zero-order valence-electron chi connectivity index (χ0n) is 9.32. The van der Waals surface area contributed by atoms with Crippen molar-refractivity contribution in [1.29, 1.82) is 0 Å². The second kappa shape index (κ2) is 4.83. The van der Waals surface area contributed by atoms with Crippen LogP contribution >= 0.6 is 23.2 Å². The number of nitrogens with zero attached hydrogens (tertiary/aromatic N) is 3. The summed E-state index contributed by atoms with van der Waals surface area (Å²) < 4.78 is 1.36. The number of halogens is 2. The van der Waals surface area contributed by atoms with Crippen molar-refractivity contribution in [3.63, 3.8) is 0 Å². The molecule has 0 unspecified atom stereocenters. The van der Waals surface area contributed by atoms with Crippen LogP contribution in [-0.4, -0.2) is 27.7 Å². The smallest absolute Gasteiger partial charge is 0.269 e. The Balaban J connectivity index is 2.52. The number of amides is 1. The van der Waals surface area contributed by atoms with E-state index in [-0.39, 0.29) is 5.69 Å². The lowest BCUT2D eigenvalue weighted by atomic mass is 10.4. The van der Waals surface area contributed by atoms with Crippen molar-refractivity contribution < 1.29 is 4.79 Å². The molecule has 0 atom stereocenters. The first kappa shape index (κ1) is 12.7. The van der Waals surface area contributed by atoms with Crippen molar-refractivity contribution in [3.05, 3.63) is 34.1 Å². The molecule has 3 N–H and O–H groups in total. The molecule has 0 aromatic carbocycles. The van der Waals surface area contributed by atoms with Gasteiger partial charge in [-0.25, -0.2) is 9.67 Å². The number of pyridine rings is 1. The van der Waals surface area contributed by atoms with Gasteiger partial charge in [0.05, 0.1) is 10.0 Å². The average Bonchev–Trinajstić information content (AvgIpc) is 2.78. The zero-order chi connectivity index (χ0) is 13.3. The van der Waals surface area contributed by atoms with Gasteiger partial charge in [0.15, 0.2) is 5.82 Å². The molecule has 2 rings (SSSR count). The van der Waals surface area contributed by atoms with Crippen LogP contribution in [-0.2, 0) is 0 Å². The lowest BCUT2D eigenvalue weighted by Gasteiger charge is -2.08. The summed E-state index contributed by atoms with van der Waals surface area (Å²) in [7, 11) is 1.68. The monoisotopic (exact) mass is 285 g/mol. The highest BCUT2D eigenvalue weighted by molar-refractivity contribution is 6.36. The highest BCUT2D eigenvalue weighted by Crippen LogP contribution is 2.27. The third-order valence-electron chi connectivity index (χ3n) is 2.21. The van der Waals surface area contributed by atoms with Crippen molar-refractivity contribution in [2.45, 2.75) is 0 Å². The second-order valence-corrected chi connectivity index (χ2v) is 4.20. The van der Waals surface area contributed by atoms with Gasteiger partial charge in [-0.15, -0.1) is 0 Å². The molecule has 2 aromatic rings. The van der Waals surface area contributed by atoms with E-state index in [1.807, 2.05) is 0 Å². The maximum atomic E-state index is 11.0. The van der Waals surface area contributed by atoms with Gasteiger partial charge in [0.2, 0.25) is 0 Å². The number of hydrogen-bond donors (Lipinski definition) is 2. The predicted octanol–water partition coefficient (Wildman–Crippen LogP) is 1.71. The minimum atomic E-state index is -0.618. The highest BCUT2D eigenvalue weighted by Gasteiger charge is 2.12. The van der Waals surface area contributed by atoms with Crippen LogP contribution in [0.5, 0.6) is 0 Å². The molecule has 0 radical (unpaired) electrons. The Kier molecular flexibility index (Phi) is 3.40. The summed E-state index contributed by atoms with van der Waals surface area (Å²) in [6.07, 6.45) is 1.54. The average molecular weight is 286 g/mol. The fraction of sp³-hybridized carbons (Fsp3) is 0.100. The van der Waals surface area contributed by atoms with Crippen LogP contribution in [0.4, 0.5) is 5.82 Å². The van der Waals surface area contributed by atoms with Gasteiger partial charge >= 0.3 is 0 Å². The van der Waals surface area contributed by atoms with E-state index in [2.05, 4.69) is 15.4 Å². The van der Waals surface area contributed by atoms with Crippen molar-refractivity contribution in [2.24, 2.45) is 5.73 Å². The van der Waals surface area contributed by atoms with Crippen molar-refractivity contribution in [1.82, 2.24) is 14.8 Å². The summed E-state index contributed by atoms with van der Waals surface area (Å²) in [4.78, 5) is 15.2. The Morgan fingerprint density at radius 3 is 2.72 bits per heavy atom. The van der Waals surface area contributed by atoms with Crippen LogP contribution < -0.4 is 11.1 Å². The molecule has 6 nitrogen and oxygen atoms in total. The summed E-state index contributed by atoms with van der Waals surface area (Å²) in [5.41, 5.74) is 5.25. The summed E-state index contributed by atoms with van der Waals surface area (Å²) in [5.74, 6) is 0.206. The number of anilines is 1. The zero-order valence-corrected chi connectivity index (χ0v) is 10.8. The molecule has 0 fully saturated rings. The Bertz CT molecular complexity index is 610. The number of primary amides is 1. The molecular formula is C10H9Cl2N5O. The van der Waals surface area contributed by atoms with Gasteiger partial charge < -0.3 is 11.1 Å². The fourth-order valence-electron chi connectivity index (χ4n) is 1.37. The largest absolute Gasteiger partial charge is 0.372 e. The summed E-state index contributed by atoms with van der Waals surface area (Å²) in [5, 5.41) is 7.51. The van der Waals surface area contributed by atoms with Gasteiger partial charge in [-0.1, -0.05) is 23.2 Å². The molecule has 0 bridgehead atoms. The van der Waals surface area contributed by atoms with Crippen LogP contribution in [0.25, 0.3) is 5.82 Å². The van der Waals surface area contributed by atoms with Gasteiger partial charge in [-0.2, -0.15) is 5.10 Å². The number of aromatic nitrogens is 3. The SMILES string of the molecule is CNc1nc(-n2ccc(C(N)=O)n2)c(Cl)cc1Cl. The van der Waals surface area contributed by atoms with E-state index in [9.17, 15) is 4.79 Å². The summed E-state index contributed by atoms with van der Waals surface area (Å²) in [6, 6.07) is 3.02. The third-order valence-corrected chi connectivity index (χ3v) is 2.77. The van der Waals surface area contributed by atoms with Gasteiger partial charge in [-0.05, 0) is 12.1 Å². The van der Waals surface area contributed by atoms with E-state index >= 15 is 0 Å². The fourth-order valence-corrected chi connectivity index (χ4v) is 1.91. The molecule has 0 aliphatic heterocycles. The maximum Gasteiger partial charge on any atom is 0.269 e. The Morgan fingerprint density at radius 2 is 2.17 bits per heavy atom. The van der Waals surface area contributed by atoms with Crippen molar-refractivity contribution >= 4 is 34.9 Å². The number of carbonyl (C=O) groups is 1. The predicted molar refractivity (Wildman–Crippen MR) is 69.4 cm³/mol. The number of nitrogens with one attached hydrogen (secondary N) is 1. The lowest BCUT2D eigenvalue weighted by Crippen LogP contribution is -2.12. The topological polar surface area (TPSA) is 85.8 Å². The van der Waals surface area contributed by atoms with E-state index in [0.717, 1.165) is 0 Å². The van der Waals surface area contributed by atoms with Gasteiger partial charge in [-0.3, -0.25) is 4.79 Å². The van der Waals surface area contributed by atoms with Crippen LogP contribution in [0.15, 0.2) is 18.3 Å². The van der Waals surface area contributed by atoms with E-state index in [4.69, 9.17) is 28.9 Å². The summed E-state index contributed by atoms with van der Waals surface area (Å²) in [6.45, 7) is 0. The summed E-state index contributed by atoms with van der Waals surface area (Å²) >= 11 is 12.0. The molecule has 0 saturated heterocycles. The second-order valence-electron chi connectivity index (χ2n) is 3.38. The molecule has 8 heteroatoms. The lowest BCUT2D eigenvalue weighted by molar-refractivity contribution is 0.0995. The molecule has 94 valence electrons. The molecule has 0 aliphatic carbocycles. The highest BCUT2D eigenvalue weighted by atomic mass is 35.5. The molecule has 1 amide bonds. The molecule has 2 aromatic heterocycles. The molecular weight excluding hydrogens is 277 g/mol. The molecule has 2 heterocycles. The normalized spacial score (nSPS) is 10.4. The van der Waals surface area contributed by atoms with Gasteiger partial charge in [0.1, 0.15) is 11.5 Å². The van der Waals surface area contributed by atoms with E-state index in [1.165, 1.54) is 10.7 Å². The number of nitrogens with two attached hydrogens (primary N) is 1. The minimum absolute atomic E-state index is 0.133. The first-order chi connectivity index (χ1) is 8.52. The first-order valence-corrected chi connectivity index (χ1v) is 5.68. The Morgan fingerprint density at radius 1 is 1.44 bits per heavy atom. The molecule has 0 saturated carbocycles. The van der Waals surface area contributed by atoms with Crippen LogP contribution in [0, 0.1) is 0 Å². The number of carbonyl (C=O) groups excluding carboxylic acids is 1. The van der Waals surface area contributed by atoms with Gasteiger partial charge in [0.25, 0.3) is 5.91 Å². The quantitative estimate of drug-likeness (QED) is 0.899. The standard InChI is InChI=1S/C10H9Cl2N5O/c1-14-9-5(11)4-6(12)10(15-9)17-3-2-7(16-17)8(13)18/h2-4H,1H3,(H2,13,18)(H,14,15). The Hall–Kier alpha value is -1.79. The minimum Gasteiger partial charge on any atom is -0.372 e. The molecule has 0 spiro atoms.